The van der Waals surface area contributed by atoms with Gasteiger partial charge in [0.15, 0.2) is 0 Å². The summed E-state index contributed by atoms with van der Waals surface area (Å²) in [6.45, 7) is 1.73. The third-order valence-corrected chi connectivity index (χ3v) is 3.07. The van der Waals surface area contributed by atoms with Gasteiger partial charge in [0.05, 0.1) is 31.5 Å². The number of hydrogen-bond acceptors (Lipinski definition) is 4. The number of methoxy groups -OCH3 is 2. The van der Waals surface area contributed by atoms with Crippen molar-refractivity contribution < 1.29 is 19.1 Å². The molecule has 1 atom stereocenters. The molecule has 0 fully saturated rings. The second-order valence-electron chi connectivity index (χ2n) is 4.33. The van der Waals surface area contributed by atoms with Crippen molar-refractivity contribution in [2.45, 2.75) is 13.0 Å². The third kappa shape index (κ3) is 2.59. The summed E-state index contributed by atoms with van der Waals surface area (Å²) in [6, 6.07) is 6.29. The maximum Gasteiger partial charge on any atom is 0.337 e. The highest BCUT2D eigenvalue weighted by molar-refractivity contribution is 6.04. The van der Waals surface area contributed by atoms with Gasteiger partial charge in [-0.05, 0) is 36.8 Å². The van der Waals surface area contributed by atoms with Crippen molar-refractivity contribution in [2.75, 3.05) is 14.2 Å². The van der Waals surface area contributed by atoms with Crippen molar-refractivity contribution >= 4 is 17.7 Å². The lowest BCUT2D eigenvalue weighted by Gasteiger charge is -2.26. The fraction of sp³-hybridized carbons (Fsp3) is 0.286. The van der Waals surface area contributed by atoms with Gasteiger partial charge < -0.3 is 20.1 Å². The summed E-state index contributed by atoms with van der Waals surface area (Å²) in [5.74, 6) is 0.220. The van der Waals surface area contributed by atoms with E-state index >= 15 is 0 Å². The van der Waals surface area contributed by atoms with Crippen LogP contribution in [0.1, 0.15) is 12.5 Å². The maximum atomic E-state index is 11.9. The number of amides is 2. The number of nitrogens with one attached hydrogen (secondary N) is 2. The monoisotopic (exact) mass is 276 g/mol. The van der Waals surface area contributed by atoms with Gasteiger partial charge in [-0.3, -0.25) is 0 Å². The molecule has 6 heteroatoms. The smallest absolute Gasteiger partial charge is 0.337 e. The van der Waals surface area contributed by atoms with Gasteiger partial charge in [-0.2, -0.15) is 0 Å². The lowest BCUT2D eigenvalue weighted by Crippen LogP contribution is -2.48. The van der Waals surface area contributed by atoms with E-state index in [0.29, 0.717) is 22.6 Å². The van der Waals surface area contributed by atoms with E-state index in [-0.39, 0.29) is 6.03 Å². The molecule has 2 rings (SSSR count). The molecular weight excluding hydrogens is 260 g/mol. The Morgan fingerprint density at radius 2 is 1.85 bits per heavy atom. The second kappa shape index (κ2) is 5.64. The number of carbonyl (C=O) groups excluding carboxylic acids is 2. The fourth-order valence-corrected chi connectivity index (χ4v) is 2.08. The van der Waals surface area contributed by atoms with Crippen LogP contribution in [0.25, 0.3) is 5.70 Å². The molecule has 0 aliphatic carbocycles. The molecule has 1 heterocycles. The highest BCUT2D eigenvalue weighted by atomic mass is 16.5. The summed E-state index contributed by atoms with van der Waals surface area (Å²) in [7, 11) is 2.88. The molecule has 2 N–H and O–H groups in total. The van der Waals surface area contributed by atoms with Crippen LogP contribution in [0.4, 0.5) is 4.79 Å². The Morgan fingerprint density at radius 3 is 2.40 bits per heavy atom. The Hall–Kier alpha value is -2.50. The van der Waals surface area contributed by atoms with Crippen LogP contribution in [0, 0.1) is 0 Å². The van der Waals surface area contributed by atoms with Gasteiger partial charge in [-0.1, -0.05) is 0 Å². The van der Waals surface area contributed by atoms with Gasteiger partial charge in [0.2, 0.25) is 0 Å². The van der Waals surface area contributed by atoms with Gasteiger partial charge in [0, 0.05) is 0 Å². The van der Waals surface area contributed by atoms with E-state index in [1.54, 1.807) is 38.3 Å². The van der Waals surface area contributed by atoms with Crippen LogP contribution in [-0.2, 0) is 9.53 Å². The van der Waals surface area contributed by atoms with E-state index in [0.717, 1.165) is 0 Å². The average Bonchev–Trinajstić information content (AvgIpc) is 2.46. The summed E-state index contributed by atoms with van der Waals surface area (Å²) in [4.78, 5) is 23.5. The van der Waals surface area contributed by atoms with Gasteiger partial charge in [0.1, 0.15) is 5.75 Å². The summed E-state index contributed by atoms with van der Waals surface area (Å²) in [5.41, 5.74) is 1.56. The van der Waals surface area contributed by atoms with Crippen molar-refractivity contribution in [1.82, 2.24) is 10.6 Å². The minimum absolute atomic E-state index is 0.351. The fourth-order valence-electron chi connectivity index (χ4n) is 2.08. The zero-order valence-corrected chi connectivity index (χ0v) is 11.5. The molecule has 1 aromatic carbocycles. The van der Waals surface area contributed by atoms with Crippen molar-refractivity contribution in [2.24, 2.45) is 0 Å². The zero-order valence-electron chi connectivity index (χ0n) is 11.5. The summed E-state index contributed by atoms with van der Waals surface area (Å²) < 4.78 is 9.87. The zero-order chi connectivity index (χ0) is 14.7. The quantitative estimate of drug-likeness (QED) is 0.815. The third-order valence-electron chi connectivity index (χ3n) is 3.07. The molecule has 2 amide bonds. The lowest BCUT2D eigenvalue weighted by molar-refractivity contribution is -0.136. The van der Waals surface area contributed by atoms with Gasteiger partial charge in [-0.15, -0.1) is 0 Å². The van der Waals surface area contributed by atoms with Gasteiger partial charge >= 0.3 is 12.0 Å². The highest BCUT2D eigenvalue weighted by Crippen LogP contribution is 2.24. The van der Waals surface area contributed by atoms with E-state index in [2.05, 4.69) is 10.6 Å². The van der Waals surface area contributed by atoms with Crippen molar-refractivity contribution in [1.29, 1.82) is 0 Å². The molecule has 1 unspecified atom stereocenters. The Balaban J connectivity index is 2.50. The number of hydrogen-bond donors (Lipinski definition) is 2. The van der Waals surface area contributed by atoms with Crippen molar-refractivity contribution in [3.05, 3.63) is 35.4 Å². The second-order valence-corrected chi connectivity index (χ2v) is 4.33. The molecule has 6 nitrogen and oxygen atoms in total. The van der Waals surface area contributed by atoms with Crippen LogP contribution >= 0.6 is 0 Å². The molecular formula is C14H16N2O4. The average molecular weight is 276 g/mol. The normalized spacial score (nSPS) is 18.1. The Morgan fingerprint density at radius 1 is 1.20 bits per heavy atom. The molecule has 0 spiro atoms. The maximum absolute atomic E-state index is 11.9. The van der Waals surface area contributed by atoms with Crippen LogP contribution in [0.3, 0.4) is 0 Å². The minimum atomic E-state index is -0.476. The van der Waals surface area contributed by atoms with Crippen molar-refractivity contribution in [3.63, 3.8) is 0 Å². The van der Waals surface area contributed by atoms with Gasteiger partial charge in [-0.25, -0.2) is 9.59 Å². The van der Waals surface area contributed by atoms with Crippen LogP contribution < -0.4 is 15.4 Å². The predicted molar refractivity (Wildman–Crippen MR) is 73.1 cm³/mol. The first-order chi connectivity index (χ1) is 9.56. The largest absolute Gasteiger partial charge is 0.497 e. The number of rotatable bonds is 3. The predicted octanol–water partition coefficient (Wildman–Crippen LogP) is 1.28. The SMILES string of the molecule is COC(=O)C1=C(c2ccc(OC)cc2)NC(=O)NC1C. The van der Waals surface area contributed by atoms with Crippen LogP contribution in [0.15, 0.2) is 29.8 Å². The topological polar surface area (TPSA) is 76.7 Å². The van der Waals surface area contributed by atoms with E-state index in [1.807, 2.05) is 0 Å². The van der Waals surface area contributed by atoms with Crippen LogP contribution in [0.2, 0.25) is 0 Å². The van der Waals surface area contributed by atoms with E-state index < -0.39 is 12.0 Å². The van der Waals surface area contributed by atoms with Crippen LogP contribution in [0.5, 0.6) is 5.75 Å². The summed E-state index contributed by atoms with van der Waals surface area (Å²) >= 11 is 0. The summed E-state index contributed by atoms with van der Waals surface area (Å²) in [6.07, 6.45) is 0. The standard InChI is InChI=1S/C14H16N2O4/c1-8-11(13(17)20-3)12(16-14(18)15-8)9-4-6-10(19-2)7-5-9/h4-8H,1-3H3,(H2,15,16,18). The van der Waals surface area contributed by atoms with E-state index in [1.165, 1.54) is 7.11 Å². The van der Waals surface area contributed by atoms with E-state index in [9.17, 15) is 9.59 Å². The first-order valence-electron chi connectivity index (χ1n) is 6.11. The lowest BCUT2D eigenvalue weighted by atomic mass is 9.99. The molecule has 0 aromatic heterocycles. The minimum Gasteiger partial charge on any atom is -0.497 e. The molecule has 0 saturated carbocycles. The highest BCUT2D eigenvalue weighted by Gasteiger charge is 2.29. The molecule has 0 saturated heterocycles. The van der Waals surface area contributed by atoms with E-state index in [4.69, 9.17) is 9.47 Å². The molecule has 1 aromatic rings. The van der Waals surface area contributed by atoms with Crippen LogP contribution in [-0.4, -0.2) is 32.3 Å². The Labute approximate surface area is 116 Å². The van der Waals surface area contributed by atoms with Gasteiger partial charge in [0.25, 0.3) is 0 Å². The summed E-state index contributed by atoms with van der Waals surface area (Å²) in [5, 5.41) is 5.29. The Kier molecular flexibility index (Phi) is 3.93. The molecule has 0 bridgehead atoms. The molecule has 0 radical (unpaired) electrons. The van der Waals surface area contributed by atoms with Crippen molar-refractivity contribution in [3.8, 4) is 5.75 Å². The number of carbonyl (C=O) groups is 2. The molecule has 1 aliphatic rings. The number of ether oxygens (including phenoxy) is 2. The molecule has 106 valence electrons. The Bertz CT molecular complexity index is 563. The first kappa shape index (κ1) is 13.9. The molecule has 1 aliphatic heterocycles. The molecule has 20 heavy (non-hydrogen) atoms. The first-order valence-corrected chi connectivity index (χ1v) is 6.11. The number of urea groups is 1. The number of benzene rings is 1. The number of esters is 1.